The first-order chi connectivity index (χ1) is 4.49. The van der Waals surface area contributed by atoms with Crippen molar-refractivity contribution in [2.75, 3.05) is 0 Å². The quantitative estimate of drug-likeness (QED) is 0.543. The van der Waals surface area contributed by atoms with Crippen LogP contribution in [-0.4, -0.2) is 12.2 Å². The zero-order valence-electron chi connectivity index (χ0n) is 5.91. The molecule has 0 amide bonds. The highest BCUT2D eigenvalue weighted by Gasteiger charge is 2.32. The van der Waals surface area contributed by atoms with E-state index in [2.05, 4.69) is 0 Å². The molecule has 1 rings (SSSR count). The van der Waals surface area contributed by atoms with Gasteiger partial charge in [-0.2, -0.15) is 0 Å². The van der Waals surface area contributed by atoms with Gasteiger partial charge in [0.05, 0.1) is 12.2 Å². The number of halogens is 1. The highest BCUT2D eigenvalue weighted by atomic mass is 35.7. The molecule has 2 atom stereocenters. The summed E-state index contributed by atoms with van der Waals surface area (Å²) in [6.07, 6.45) is 0.621. The minimum Gasteiger partial charge on any atom is -0.294 e. The van der Waals surface area contributed by atoms with Gasteiger partial charge in [-0.25, -0.2) is 4.57 Å². The third-order valence-corrected chi connectivity index (χ3v) is 2.98. The predicted octanol–water partition coefficient (Wildman–Crippen LogP) is 2.55. The summed E-state index contributed by atoms with van der Waals surface area (Å²) >= 11 is 5.37. The Bertz CT molecular complexity index is 158. The maximum atomic E-state index is 11.0. The summed E-state index contributed by atoms with van der Waals surface area (Å²) in [5.74, 6) is 0. The van der Waals surface area contributed by atoms with E-state index < -0.39 is 6.95 Å². The van der Waals surface area contributed by atoms with Crippen LogP contribution in [0.5, 0.6) is 0 Å². The van der Waals surface area contributed by atoms with Crippen LogP contribution < -0.4 is 0 Å². The average Bonchev–Trinajstić information content (AvgIpc) is 1.54. The lowest BCUT2D eigenvalue weighted by atomic mass is 10.2. The van der Waals surface area contributed by atoms with Crippen LogP contribution in [0.3, 0.4) is 0 Å². The summed E-state index contributed by atoms with van der Waals surface area (Å²) in [4.78, 5) is 0. The normalized spacial score (nSPS) is 49.1. The summed E-state index contributed by atoms with van der Waals surface area (Å²) in [5, 5.41) is 0. The van der Waals surface area contributed by atoms with Crippen LogP contribution in [0.25, 0.3) is 0 Å². The van der Waals surface area contributed by atoms with E-state index in [9.17, 15) is 4.57 Å². The molecule has 0 aromatic rings. The molecule has 3 nitrogen and oxygen atoms in total. The third-order valence-electron chi connectivity index (χ3n) is 1.28. The predicted molar refractivity (Wildman–Crippen MR) is 39.2 cm³/mol. The Balaban J connectivity index is 2.60. The van der Waals surface area contributed by atoms with Crippen LogP contribution in [0.4, 0.5) is 0 Å². The third kappa shape index (κ3) is 2.24. The van der Waals surface area contributed by atoms with Gasteiger partial charge >= 0.3 is 6.95 Å². The van der Waals surface area contributed by atoms with Gasteiger partial charge in [0.25, 0.3) is 0 Å². The van der Waals surface area contributed by atoms with Crippen LogP contribution in [0, 0.1) is 0 Å². The second-order valence-corrected chi connectivity index (χ2v) is 5.02. The number of rotatable bonds is 0. The Kier molecular flexibility index (Phi) is 2.41. The molecule has 0 radical (unpaired) electrons. The van der Waals surface area contributed by atoms with Crippen LogP contribution in [0.15, 0.2) is 0 Å². The van der Waals surface area contributed by atoms with Gasteiger partial charge in [-0.05, 0) is 13.8 Å². The largest absolute Gasteiger partial charge is 0.424 e. The van der Waals surface area contributed by atoms with Crippen LogP contribution in [0.2, 0.25) is 0 Å². The molecule has 0 spiro atoms. The fraction of sp³-hybridized carbons (Fsp3) is 1.00. The van der Waals surface area contributed by atoms with Crippen LogP contribution in [0.1, 0.15) is 20.3 Å². The Morgan fingerprint density at radius 3 is 2.10 bits per heavy atom. The first-order valence-corrected chi connectivity index (χ1v) is 5.61. The smallest absolute Gasteiger partial charge is 0.294 e. The van der Waals surface area contributed by atoms with Gasteiger partial charge in [-0.15, -0.1) is 0 Å². The van der Waals surface area contributed by atoms with Crippen molar-refractivity contribution in [3.05, 3.63) is 0 Å². The Morgan fingerprint density at radius 1 is 1.40 bits per heavy atom. The summed E-state index contributed by atoms with van der Waals surface area (Å²) < 4.78 is 20.7. The zero-order chi connectivity index (χ0) is 7.78. The monoisotopic (exact) mass is 184 g/mol. The second kappa shape index (κ2) is 2.82. The topological polar surface area (TPSA) is 35.5 Å². The van der Waals surface area contributed by atoms with Crippen molar-refractivity contribution in [3.8, 4) is 0 Å². The first-order valence-electron chi connectivity index (χ1n) is 3.16. The lowest BCUT2D eigenvalue weighted by Gasteiger charge is -2.27. The Labute approximate surface area is 65.0 Å². The van der Waals surface area contributed by atoms with Crippen molar-refractivity contribution < 1.29 is 13.6 Å². The van der Waals surface area contributed by atoms with E-state index in [0.29, 0.717) is 0 Å². The number of hydrogen-bond donors (Lipinski definition) is 0. The Hall–Kier alpha value is 0.440. The molecule has 0 bridgehead atoms. The van der Waals surface area contributed by atoms with E-state index in [4.69, 9.17) is 20.3 Å². The molecule has 0 aromatic carbocycles. The van der Waals surface area contributed by atoms with Crippen molar-refractivity contribution in [1.29, 1.82) is 0 Å². The van der Waals surface area contributed by atoms with E-state index in [1.54, 1.807) is 0 Å². The standard InChI is InChI=1S/C5H10ClO3P/c1-4-3-5(2)9-10(6,7)8-4/h4-5H,3H2,1-2H3/t4-,5-/m0/s1. The minimum absolute atomic E-state index is 0.0629. The zero-order valence-corrected chi connectivity index (χ0v) is 7.56. The molecule has 0 aromatic heterocycles. The van der Waals surface area contributed by atoms with Crippen molar-refractivity contribution in [3.63, 3.8) is 0 Å². The highest BCUT2D eigenvalue weighted by Crippen LogP contribution is 2.58. The molecular formula is C5H10ClO3P. The van der Waals surface area contributed by atoms with Crippen molar-refractivity contribution >= 4 is 18.2 Å². The molecule has 60 valence electrons. The van der Waals surface area contributed by atoms with Crippen molar-refractivity contribution in [1.82, 2.24) is 0 Å². The molecule has 1 saturated heterocycles. The van der Waals surface area contributed by atoms with Crippen molar-refractivity contribution in [2.24, 2.45) is 0 Å². The SMILES string of the molecule is C[C@H]1C[C@H](C)OP(=O)(Cl)O1. The lowest BCUT2D eigenvalue weighted by molar-refractivity contribution is 0.0576. The van der Waals surface area contributed by atoms with Crippen LogP contribution in [-0.2, 0) is 13.6 Å². The van der Waals surface area contributed by atoms with E-state index in [1.807, 2.05) is 13.8 Å². The highest BCUT2D eigenvalue weighted by molar-refractivity contribution is 7.81. The van der Waals surface area contributed by atoms with Gasteiger partial charge in [0.15, 0.2) is 0 Å². The molecule has 5 heteroatoms. The molecular weight excluding hydrogens is 174 g/mol. The molecule has 0 aliphatic carbocycles. The molecule has 0 unspecified atom stereocenters. The molecule has 1 heterocycles. The minimum atomic E-state index is -3.23. The molecule has 0 N–H and O–H groups in total. The summed E-state index contributed by atoms with van der Waals surface area (Å²) in [7, 11) is 0. The van der Waals surface area contributed by atoms with E-state index >= 15 is 0 Å². The maximum Gasteiger partial charge on any atom is 0.424 e. The van der Waals surface area contributed by atoms with E-state index in [0.717, 1.165) is 6.42 Å². The van der Waals surface area contributed by atoms with E-state index in [-0.39, 0.29) is 12.2 Å². The van der Waals surface area contributed by atoms with Gasteiger partial charge in [-0.3, -0.25) is 9.05 Å². The summed E-state index contributed by atoms with van der Waals surface area (Å²) in [5.41, 5.74) is 0. The second-order valence-electron chi connectivity index (χ2n) is 2.50. The average molecular weight is 185 g/mol. The molecule has 1 aliphatic heterocycles. The van der Waals surface area contributed by atoms with Gasteiger partial charge in [0, 0.05) is 17.7 Å². The van der Waals surface area contributed by atoms with E-state index in [1.165, 1.54) is 0 Å². The first kappa shape index (κ1) is 8.54. The maximum absolute atomic E-state index is 11.0. The van der Waals surface area contributed by atoms with Crippen LogP contribution >= 0.6 is 18.2 Å². The van der Waals surface area contributed by atoms with Crippen molar-refractivity contribution in [2.45, 2.75) is 32.5 Å². The fourth-order valence-corrected chi connectivity index (χ4v) is 2.91. The molecule has 10 heavy (non-hydrogen) atoms. The van der Waals surface area contributed by atoms with Gasteiger partial charge < -0.3 is 0 Å². The lowest BCUT2D eigenvalue weighted by Crippen LogP contribution is -2.22. The summed E-state index contributed by atoms with van der Waals surface area (Å²) in [6, 6.07) is 0. The van der Waals surface area contributed by atoms with Gasteiger partial charge in [-0.1, -0.05) is 0 Å². The fourth-order valence-electron chi connectivity index (χ4n) is 1.01. The molecule has 0 saturated carbocycles. The molecule has 1 fully saturated rings. The van der Waals surface area contributed by atoms with Gasteiger partial charge in [0.1, 0.15) is 0 Å². The molecule has 1 aliphatic rings. The Morgan fingerprint density at radius 2 is 1.80 bits per heavy atom. The number of hydrogen-bond acceptors (Lipinski definition) is 3. The summed E-state index contributed by atoms with van der Waals surface area (Å²) in [6.45, 7) is 0.428. The van der Waals surface area contributed by atoms with Gasteiger partial charge in [0.2, 0.25) is 0 Å².